The van der Waals surface area contributed by atoms with Crippen molar-refractivity contribution in [3.63, 3.8) is 0 Å². The molecule has 2 heterocycles. The molecule has 2 aromatic rings. The lowest BCUT2D eigenvalue weighted by molar-refractivity contribution is -0.113. The smallest absolute Gasteiger partial charge is 0.321 e. The van der Waals surface area contributed by atoms with Crippen molar-refractivity contribution in [1.82, 2.24) is 20.5 Å². The lowest BCUT2D eigenvalue weighted by atomic mass is 9.96. The minimum atomic E-state index is -0.249. The number of thioether (sulfide) groups is 1. The summed E-state index contributed by atoms with van der Waals surface area (Å²) in [5.41, 5.74) is 0.879. The normalized spacial score (nSPS) is 14.8. The first-order valence-electron chi connectivity index (χ1n) is 8.34. The summed E-state index contributed by atoms with van der Waals surface area (Å²) < 4.78 is 0.628. The fourth-order valence-corrected chi connectivity index (χ4v) is 4.83. The molecule has 0 bridgehead atoms. The second kappa shape index (κ2) is 9.28. The Labute approximate surface area is 163 Å². The first kappa shape index (κ1) is 19.1. The maximum atomic E-state index is 12.0. The zero-order chi connectivity index (χ0) is 18.4. The molecule has 3 N–H and O–H groups in total. The Kier molecular flexibility index (Phi) is 6.80. The summed E-state index contributed by atoms with van der Waals surface area (Å²) >= 11 is 3.92. The highest BCUT2D eigenvalue weighted by atomic mass is 32.2. The van der Waals surface area contributed by atoms with Crippen LogP contribution in [0, 0.1) is 6.92 Å². The second-order valence-corrected chi connectivity index (χ2v) is 9.00. The van der Waals surface area contributed by atoms with Crippen LogP contribution in [-0.2, 0) is 4.79 Å². The first-order valence-corrected chi connectivity index (χ1v) is 11.0. The Bertz CT molecular complexity index is 756. The Morgan fingerprint density at radius 3 is 2.73 bits per heavy atom. The molecule has 0 unspecified atom stereocenters. The van der Waals surface area contributed by atoms with E-state index < -0.39 is 0 Å². The summed E-state index contributed by atoms with van der Waals surface area (Å²) in [4.78, 5) is 28.1. The predicted molar refractivity (Wildman–Crippen MR) is 105 cm³/mol. The number of carbonyl (C=O) groups is 2. The second-order valence-electron chi connectivity index (χ2n) is 5.94. The summed E-state index contributed by atoms with van der Waals surface area (Å²) in [6, 6.07) is -0.00908. The third-order valence-electron chi connectivity index (χ3n) is 3.76. The van der Waals surface area contributed by atoms with E-state index in [-0.39, 0.29) is 23.7 Å². The van der Waals surface area contributed by atoms with E-state index in [1.807, 2.05) is 12.3 Å². The molecule has 26 heavy (non-hydrogen) atoms. The summed E-state index contributed by atoms with van der Waals surface area (Å²) in [5, 5.41) is 19.3. The lowest BCUT2D eigenvalue weighted by Gasteiger charge is -2.22. The van der Waals surface area contributed by atoms with Gasteiger partial charge in [0.15, 0.2) is 9.47 Å². The van der Waals surface area contributed by atoms with Crippen LogP contribution < -0.4 is 16.0 Å². The van der Waals surface area contributed by atoms with Crippen LogP contribution in [0.5, 0.6) is 0 Å². The fraction of sp³-hybridized carbons (Fsp3) is 0.533. The number of hydrogen-bond acceptors (Lipinski definition) is 8. The maximum Gasteiger partial charge on any atom is 0.321 e. The molecule has 3 rings (SSSR count). The van der Waals surface area contributed by atoms with Crippen LogP contribution in [0.2, 0.25) is 0 Å². The van der Waals surface area contributed by atoms with Gasteiger partial charge < -0.3 is 10.6 Å². The highest BCUT2D eigenvalue weighted by Gasteiger charge is 2.17. The molecule has 1 aliphatic carbocycles. The van der Waals surface area contributed by atoms with Crippen LogP contribution in [-0.4, -0.2) is 38.9 Å². The van der Waals surface area contributed by atoms with E-state index in [4.69, 9.17) is 0 Å². The van der Waals surface area contributed by atoms with Crippen molar-refractivity contribution in [3.05, 3.63) is 11.1 Å². The van der Waals surface area contributed by atoms with Gasteiger partial charge in [0, 0.05) is 11.4 Å². The Morgan fingerprint density at radius 1 is 1.19 bits per heavy atom. The predicted octanol–water partition coefficient (Wildman–Crippen LogP) is 3.49. The number of nitrogens with one attached hydrogen (secondary N) is 3. The number of rotatable bonds is 6. The SMILES string of the molecule is Cc1csc(NC(=O)CSc2nnc(NC(=O)NC3CCCCC3)s2)n1. The standard InChI is InChI=1S/C15H20N6O2S3/c1-9-7-24-13(16-9)18-11(22)8-25-15-21-20-14(26-15)19-12(23)17-10-5-3-2-4-6-10/h7,10H,2-6,8H2,1H3,(H,16,18,22)(H2,17,19,20,23). The van der Waals surface area contributed by atoms with E-state index in [0.717, 1.165) is 31.4 Å². The van der Waals surface area contributed by atoms with E-state index in [9.17, 15) is 9.59 Å². The molecule has 1 aliphatic rings. The molecule has 0 spiro atoms. The van der Waals surface area contributed by atoms with Crippen LogP contribution in [0.3, 0.4) is 0 Å². The highest BCUT2D eigenvalue weighted by Crippen LogP contribution is 2.26. The van der Waals surface area contributed by atoms with Crippen molar-refractivity contribution in [3.8, 4) is 0 Å². The van der Waals surface area contributed by atoms with Crippen LogP contribution in [0.25, 0.3) is 0 Å². The molecule has 0 radical (unpaired) electrons. The first-order chi connectivity index (χ1) is 12.6. The van der Waals surface area contributed by atoms with E-state index in [2.05, 4.69) is 31.1 Å². The largest absolute Gasteiger partial charge is 0.335 e. The van der Waals surface area contributed by atoms with Gasteiger partial charge in [0.1, 0.15) is 0 Å². The molecule has 11 heteroatoms. The average Bonchev–Trinajstić information content (AvgIpc) is 3.22. The van der Waals surface area contributed by atoms with E-state index >= 15 is 0 Å². The van der Waals surface area contributed by atoms with E-state index in [1.54, 1.807) is 0 Å². The zero-order valence-electron chi connectivity index (χ0n) is 14.3. The average molecular weight is 413 g/mol. The summed E-state index contributed by atoms with van der Waals surface area (Å²) in [6.07, 6.45) is 5.61. The van der Waals surface area contributed by atoms with Crippen molar-refractivity contribution < 1.29 is 9.59 Å². The van der Waals surface area contributed by atoms with Gasteiger partial charge in [0.2, 0.25) is 11.0 Å². The Balaban J connectivity index is 1.41. The van der Waals surface area contributed by atoms with Gasteiger partial charge in [-0.05, 0) is 19.8 Å². The van der Waals surface area contributed by atoms with Crippen LogP contribution in [0.1, 0.15) is 37.8 Å². The third-order valence-corrected chi connectivity index (χ3v) is 6.61. The van der Waals surface area contributed by atoms with Gasteiger partial charge in [-0.2, -0.15) is 0 Å². The van der Waals surface area contributed by atoms with Gasteiger partial charge in [-0.25, -0.2) is 9.78 Å². The topological polar surface area (TPSA) is 109 Å². The minimum absolute atomic E-state index is 0.149. The third kappa shape index (κ3) is 5.92. The summed E-state index contributed by atoms with van der Waals surface area (Å²) in [5.74, 6) is 0.0609. The number of aryl methyl sites for hydroxylation is 1. The van der Waals surface area contributed by atoms with Crippen molar-refractivity contribution in [1.29, 1.82) is 0 Å². The summed E-state index contributed by atoms with van der Waals surface area (Å²) in [7, 11) is 0. The number of thiazole rings is 1. The molecule has 140 valence electrons. The van der Waals surface area contributed by atoms with Gasteiger partial charge >= 0.3 is 6.03 Å². The Hall–Kier alpha value is -1.72. The van der Waals surface area contributed by atoms with Gasteiger partial charge in [0.05, 0.1) is 11.4 Å². The number of anilines is 2. The quantitative estimate of drug-likeness (QED) is 0.495. The van der Waals surface area contributed by atoms with Crippen LogP contribution in [0.15, 0.2) is 9.72 Å². The van der Waals surface area contributed by atoms with Gasteiger partial charge in [-0.3, -0.25) is 10.1 Å². The van der Waals surface area contributed by atoms with Crippen molar-refractivity contribution in [2.24, 2.45) is 0 Å². The number of hydrogen-bond donors (Lipinski definition) is 3. The number of carbonyl (C=O) groups excluding carboxylic acids is 2. The van der Waals surface area contributed by atoms with Crippen LogP contribution >= 0.6 is 34.4 Å². The van der Waals surface area contributed by atoms with Gasteiger partial charge in [0.25, 0.3) is 0 Å². The number of aromatic nitrogens is 3. The Morgan fingerprint density at radius 2 is 2.00 bits per heavy atom. The highest BCUT2D eigenvalue weighted by molar-refractivity contribution is 8.01. The monoisotopic (exact) mass is 412 g/mol. The molecule has 8 nitrogen and oxygen atoms in total. The number of amides is 3. The van der Waals surface area contributed by atoms with Crippen LogP contribution in [0.4, 0.5) is 15.1 Å². The fourth-order valence-electron chi connectivity index (χ4n) is 2.58. The molecule has 1 fully saturated rings. The van der Waals surface area contributed by atoms with Crippen molar-refractivity contribution in [2.45, 2.75) is 49.4 Å². The molecule has 0 atom stereocenters. The molecule has 0 aromatic carbocycles. The number of urea groups is 1. The molecular weight excluding hydrogens is 392 g/mol. The molecule has 0 saturated heterocycles. The lowest BCUT2D eigenvalue weighted by Crippen LogP contribution is -2.38. The molecule has 3 amide bonds. The van der Waals surface area contributed by atoms with Crippen molar-refractivity contribution >= 4 is 56.6 Å². The van der Waals surface area contributed by atoms with Gasteiger partial charge in [-0.15, -0.1) is 21.5 Å². The van der Waals surface area contributed by atoms with E-state index in [0.29, 0.717) is 14.6 Å². The van der Waals surface area contributed by atoms with Gasteiger partial charge in [-0.1, -0.05) is 42.4 Å². The molecular formula is C15H20N6O2S3. The number of nitrogens with zero attached hydrogens (tertiary/aromatic N) is 3. The maximum absolute atomic E-state index is 12.0. The molecule has 1 saturated carbocycles. The van der Waals surface area contributed by atoms with E-state index in [1.165, 1.54) is 40.9 Å². The van der Waals surface area contributed by atoms with Crippen molar-refractivity contribution in [2.75, 3.05) is 16.4 Å². The zero-order valence-corrected chi connectivity index (χ0v) is 16.7. The molecule has 2 aromatic heterocycles. The minimum Gasteiger partial charge on any atom is -0.335 e. The molecule has 0 aliphatic heterocycles. The summed E-state index contributed by atoms with van der Waals surface area (Å²) in [6.45, 7) is 1.88.